The van der Waals surface area contributed by atoms with Gasteiger partial charge < -0.3 is 15.5 Å². The highest BCUT2D eigenvalue weighted by Crippen LogP contribution is 2.38. The van der Waals surface area contributed by atoms with Crippen molar-refractivity contribution in [1.29, 1.82) is 0 Å². The van der Waals surface area contributed by atoms with Crippen molar-refractivity contribution >= 4 is 5.97 Å². The number of aliphatic hydroxyl groups is 1. The molecule has 0 amide bonds. The number of halogens is 3. The Hall–Kier alpha value is -0.820. The molecule has 1 heterocycles. The Balaban J connectivity index is 0.000000168. The van der Waals surface area contributed by atoms with Gasteiger partial charge in [-0.05, 0) is 32.2 Å². The molecule has 7 heteroatoms. The Kier molecular flexibility index (Phi) is 3.49. The van der Waals surface area contributed by atoms with Gasteiger partial charge in [-0.3, -0.25) is 0 Å². The predicted molar refractivity (Wildman–Crippen MR) is 48.8 cm³/mol. The van der Waals surface area contributed by atoms with Gasteiger partial charge >= 0.3 is 12.1 Å². The first-order valence-corrected chi connectivity index (χ1v) is 4.89. The van der Waals surface area contributed by atoms with Gasteiger partial charge in [0.05, 0.1) is 5.60 Å². The Morgan fingerprint density at radius 1 is 1.50 bits per heavy atom. The third kappa shape index (κ3) is 3.08. The van der Waals surface area contributed by atoms with E-state index in [0.717, 1.165) is 18.9 Å². The Labute approximate surface area is 90.4 Å². The van der Waals surface area contributed by atoms with E-state index >= 15 is 0 Å². The molecule has 94 valence electrons. The van der Waals surface area contributed by atoms with E-state index in [-0.39, 0.29) is 0 Å². The Morgan fingerprint density at radius 2 is 2.00 bits per heavy atom. The van der Waals surface area contributed by atoms with E-state index < -0.39 is 17.7 Å². The van der Waals surface area contributed by atoms with Gasteiger partial charge in [0, 0.05) is 6.04 Å². The lowest BCUT2D eigenvalue weighted by atomic mass is 9.97. The number of piperidine rings is 1. The van der Waals surface area contributed by atoms with Gasteiger partial charge in [0.25, 0.3) is 0 Å². The van der Waals surface area contributed by atoms with Crippen LogP contribution in [0.4, 0.5) is 13.2 Å². The summed E-state index contributed by atoms with van der Waals surface area (Å²) < 4.78 is 31.7. The SMILES string of the molecule is CC1(O)CC2CNC1C2.O=C(O)C(F)(F)F. The third-order valence-electron chi connectivity index (χ3n) is 2.92. The van der Waals surface area contributed by atoms with E-state index in [2.05, 4.69) is 5.32 Å². The number of aliphatic carboxylic acids is 1. The maximum Gasteiger partial charge on any atom is 0.490 e. The van der Waals surface area contributed by atoms with Crippen molar-refractivity contribution in [2.24, 2.45) is 5.92 Å². The van der Waals surface area contributed by atoms with Crippen LogP contribution in [0.5, 0.6) is 0 Å². The molecule has 0 radical (unpaired) electrons. The molecule has 1 saturated carbocycles. The number of nitrogens with one attached hydrogen (secondary N) is 1. The fourth-order valence-electron chi connectivity index (χ4n) is 2.16. The van der Waals surface area contributed by atoms with Crippen molar-refractivity contribution in [2.45, 2.75) is 37.6 Å². The van der Waals surface area contributed by atoms with Crippen LogP contribution in [-0.4, -0.2) is 40.5 Å². The number of carboxylic acids is 1. The number of carboxylic acid groups (broad SMARTS) is 1. The van der Waals surface area contributed by atoms with Crippen molar-refractivity contribution in [3.63, 3.8) is 0 Å². The molecule has 4 nitrogen and oxygen atoms in total. The summed E-state index contributed by atoms with van der Waals surface area (Å²) in [6, 6.07) is 0.391. The maximum atomic E-state index is 10.6. The van der Waals surface area contributed by atoms with Crippen molar-refractivity contribution in [1.82, 2.24) is 5.32 Å². The number of fused-ring (bicyclic) bond motifs is 2. The van der Waals surface area contributed by atoms with Crippen molar-refractivity contribution in [3.8, 4) is 0 Å². The summed E-state index contributed by atoms with van der Waals surface area (Å²) >= 11 is 0. The Morgan fingerprint density at radius 3 is 2.12 bits per heavy atom. The first-order valence-electron chi connectivity index (χ1n) is 4.89. The van der Waals surface area contributed by atoms with E-state index in [4.69, 9.17) is 9.90 Å². The number of alkyl halides is 3. The Bertz CT molecular complexity index is 278. The molecule has 16 heavy (non-hydrogen) atoms. The number of rotatable bonds is 0. The number of hydrogen-bond donors (Lipinski definition) is 3. The molecule has 3 unspecified atom stereocenters. The molecule has 1 aliphatic carbocycles. The summed E-state index contributed by atoms with van der Waals surface area (Å²) in [4.78, 5) is 8.90. The average Bonchev–Trinajstić information content (AvgIpc) is 2.60. The molecule has 0 aromatic heterocycles. The van der Waals surface area contributed by atoms with E-state index in [1.54, 1.807) is 0 Å². The highest BCUT2D eigenvalue weighted by molar-refractivity contribution is 5.73. The highest BCUT2D eigenvalue weighted by atomic mass is 19.4. The normalized spacial score (nSPS) is 36.8. The zero-order valence-corrected chi connectivity index (χ0v) is 8.71. The quantitative estimate of drug-likeness (QED) is 0.585. The minimum atomic E-state index is -5.08. The lowest BCUT2D eigenvalue weighted by Gasteiger charge is -2.28. The molecule has 2 aliphatic rings. The highest BCUT2D eigenvalue weighted by Gasteiger charge is 2.46. The van der Waals surface area contributed by atoms with Gasteiger partial charge in [-0.25, -0.2) is 4.79 Å². The zero-order chi connectivity index (χ0) is 12.6. The average molecular weight is 241 g/mol. The lowest BCUT2D eigenvalue weighted by Crippen LogP contribution is -2.45. The molecule has 3 atom stereocenters. The van der Waals surface area contributed by atoms with Crippen LogP contribution in [0.1, 0.15) is 19.8 Å². The molecule has 2 rings (SSSR count). The molecule has 1 saturated heterocycles. The summed E-state index contributed by atoms with van der Waals surface area (Å²) in [6.07, 6.45) is -2.89. The summed E-state index contributed by atoms with van der Waals surface area (Å²) in [5, 5.41) is 20.0. The standard InChI is InChI=1S/C7H13NO.C2HF3O2/c1-7(9)3-5-2-6(7)8-4-5;3-2(4,5)1(6)7/h5-6,8-9H,2-4H2,1H3;(H,6,7). The smallest absolute Gasteiger partial charge is 0.475 e. The molecule has 1 aliphatic heterocycles. The van der Waals surface area contributed by atoms with Crippen molar-refractivity contribution in [2.75, 3.05) is 6.54 Å². The monoisotopic (exact) mass is 241 g/mol. The first-order chi connectivity index (χ1) is 7.13. The van der Waals surface area contributed by atoms with E-state index in [1.807, 2.05) is 6.92 Å². The van der Waals surface area contributed by atoms with Crippen LogP contribution in [0, 0.1) is 5.92 Å². The van der Waals surface area contributed by atoms with E-state index in [1.165, 1.54) is 6.42 Å². The number of carbonyl (C=O) groups is 1. The van der Waals surface area contributed by atoms with Crippen LogP contribution in [0.15, 0.2) is 0 Å². The van der Waals surface area contributed by atoms with Crippen LogP contribution in [0.2, 0.25) is 0 Å². The minimum absolute atomic E-state index is 0.391. The molecular weight excluding hydrogens is 227 g/mol. The molecule has 0 aromatic carbocycles. The summed E-state index contributed by atoms with van der Waals surface area (Å²) in [6.45, 7) is 3.06. The summed E-state index contributed by atoms with van der Waals surface area (Å²) in [7, 11) is 0. The van der Waals surface area contributed by atoms with Gasteiger partial charge in [-0.1, -0.05) is 0 Å². The third-order valence-corrected chi connectivity index (χ3v) is 2.92. The molecule has 2 fully saturated rings. The summed E-state index contributed by atoms with van der Waals surface area (Å²) in [5.41, 5.74) is -0.400. The second kappa shape index (κ2) is 4.21. The second-order valence-corrected chi connectivity index (χ2v) is 4.43. The number of hydrogen-bond acceptors (Lipinski definition) is 3. The van der Waals surface area contributed by atoms with Gasteiger partial charge in [0.1, 0.15) is 0 Å². The van der Waals surface area contributed by atoms with Gasteiger partial charge in [-0.2, -0.15) is 13.2 Å². The van der Waals surface area contributed by atoms with Crippen LogP contribution in [-0.2, 0) is 4.79 Å². The fraction of sp³-hybridized carbons (Fsp3) is 0.889. The molecule has 3 N–H and O–H groups in total. The molecule has 2 bridgehead atoms. The largest absolute Gasteiger partial charge is 0.490 e. The maximum absolute atomic E-state index is 10.6. The van der Waals surface area contributed by atoms with E-state index in [9.17, 15) is 18.3 Å². The van der Waals surface area contributed by atoms with Crippen molar-refractivity contribution < 1.29 is 28.2 Å². The zero-order valence-electron chi connectivity index (χ0n) is 8.71. The van der Waals surface area contributed by atoms with Crippen LogP contribution >= 0.6 is 0 Å². The fourth-order valence-corrected chi connectivity index (χ4v) is 2.16. The van der Waals surface area contributed by atoms with Gasteiger partial charge in [0.2, 0.25) is 0 Å². The predicted octanol–water partition coefficient (Wildman–Crippen LogP) is 0.752. The molecular formula is C9H14F3NO3. The molecule has 0 aromatic rings. The van der Waals surface area contributed by atoms with Crippen LogP contribution < -0.4 is 5.32 Å². The minimum Gasteiger partial charge on any atom is -0.475 e. The topological polar surface area (TPSA) is 69.6 Å². The second-order valence-electron chi connectivity index (χ2n) is 4.43. The van der Waals surface area contributed by atoms with Gasteiger partial charge in [-0.15, -0.1) is 0 Å². The molecule has 0 spiro atoms. The van der Waals surface area contributed by atoms with Crippen LogP contribution in [0.25, 0.3) is 0 Å². The summed E-state index contributed by atoms with van der Waals surface area (Å²) in [5.74, 6) is -2.00. The first kappa shape index (κ1) is 13.2. The van der Waals surface area contributed by atoms with E-state index in [0.29, 0.717) is 6.04 Å². The van der Waals surface area contributed by atoms with Crippen molar-refractivity contribution in [3.05, 3.63) is 0 Å². The lowest BCUT2D eigenvalue weighted by molar-refractivity contribution is -0.192. The van der Waals surface area contributed by atoms with Gasteiger partial charge in [0.15, 0.2) is 0 Å². The van der Waals surface area contributed by atoms with Crippen LogP contribution in [0.3, 0.4) is 0 Å².